The molecule has 86 valence electrons. The molecular formula is C12H13Cl2NO. The topological polar surface area (TPSA) is 14.2 Å². The Balaban J connectivity index is 2.55. The Bertz CT molecular complexity index is 507. The molecule has 0 aliphatic heterocycles. The number of aromatic nitrogens is 1. The molecule has 0 amide bonds. The molecular weight excluding hydrogens is 245 g/mol. The quantitative estimate of drug-likeness (QED) is 0.806. The molecule has 1 unspecified atom stereocenters. The van der Waals surface area contributed by atoms with Gasteiger partial charge in [0.1, 0.15) is 0 Å². The molecule has 0 aliphatic carbocycles. The SMILES string of the molecule is COCC(C)n1ccc2c(Cl)cc(Cl)cc21. The second-order valence-corrected chi connectivity index (χ2v) is 4.69. The zero-order valence-corrected chi connectivity index (χ0v) is 10.7. The Morgan fingerprint density at radius 3 is 2.81 bits per heavy atom. The molecule has 1 aromatic carbocycles. The van der Waals surface area contributed by atoms with Gasteiger partial charge in [0.05, 0.1) is 23.2 Å². The van der Waals surface area contributed by atoms with Crippen molar-refractivity contribution in [3.8, 4) is 0 Å². The van der Waals surface area contributed by atoms with Crippen LogP contribution in [0.1, 0.15) is 13.0 Å². The molecule has 1 heterocycles. The predicted octanol–water partition coefficient (Wildman–Crippen LogP) is 4.16. The fraction of sp³-hybridized carbons (Fsp3) is 0.333. The van der Waals surface area contributed by atoms with Crippen LogP contribution in [0.25, 0.3) is 10.9 Å². The lowest BCUT2D eigenvalue weighted by atomic mass is 10.2. The summed E-state index contributed by atoms with van der Waals surface area (Å²) in [5, 5.41) is 2.36. The van der Waals surface area contributed by atoms with Crippen molar-refractivity contribution in [2.24, 2.45) is 0 Å². The van der Waals surface area contributed by atoms with Crippen molar-refractivity contribution in [3.63, 3.8) is 0 Å². The first-order chi connectivity index (χ1) is 7.63. The molecule has 1 aromatic heterocycles. The highest BCUT2D eigenvalue weighted by Crippen LogP contribution is 2.30. The van der Waals surface area contributed by atoms with Crippen molar-refractivity contribution < 1.29 is 4.74 Å². The van der Waals surface area contributed by atoms with Crippen molar-refractivity contribution in [1.82, 2.24) is 4.57 Å². The summed E-state index contributed by atoms with van der Waals surface area (Å²) in [6.07, 6.45) is 2.01. The smallest absolute Gasteiger partial charge is 0.0667 e. The fourth-order valence-corrected chi connectivity index (χ4v) is 2.44. The van der Waals surface area contributed by atoms with Gasteiger partial charge >= 0.3 is 0 Å². The minimum atomic E-state index is 0.261. The highest BCUT2D eigenvalue weighted by molar-refractivity contribution is 6.38. The van der Waals surface area contributed by atoms with Crippen molar-refractivity contribution in [3.05, 3.63) is 34.4 Å². The van der Waals surface area contributed by atoms with Crippen LogP contribution in [0.4, 0.5) is 0 Å². The predicted molar refractivity (Wildman–Crippen MR) is 68.5 cm³/mol. The lowest BCUT2D eigenvalue weighted by Crippen LogP contribution is -2.09. The molecule has 4 heteroatoms. The first kappa shape index (κ1) is 11.8. The van der Waals surface area contributed by atoms with E-state index in [-0.39, 0.29) is 6.04 Å². The van der Waals surface area contributed by atoms with E-state index in [0.717, 1.165) is 10.9 Å². The Kier molecular flexibility index (Phi) is 3.43. The molecule has 0 spiro atoms. The van der Waals surface area contributed by atoms with Gasteiger partial charge in [0.15, 0.2) is 0 Å². The highest BCUT2D eigenvalue weighted by Gasteiger charge is 2.10. The first-order valence-electron chi connectivity index (χ1n) is 5.08. The number of benzene rings is 1. The molecule has 1 atom stereocenters. The van der Waals surface area contributed by atoms with E-state index in [1.807, 2.05) is 18.3 Å². The molecule has 0 bridgehead atoms. The summed E-state index contributed by atoms with van der Waals surface area (Å²) >= 11 is 12.1. The standard InChI is InChI=1S/C12H13Cl2NO/c1-8(7-16-2)15-4-3-10-11(14)5-9(13)6-12(10)15/h3-6,8H,7H2,1-2H3. The normalized spacial score (nSPS) is 13.2. The Morgan fingerprint density at radius 1 is 1.38 bits per heavy atom. The van der Waals surface area contributed by atoms with Gasteiger partial charge in [0.2, 0.25) is 0 Å². The summed E-state index contributed by atoms with van der Waals surface area (Å²) in [7, 11) is 1.70. The summed E-state index contributed by atoms with van der Waals surface area (Å²) in [5.74, 6) is 0. The molecule has 2 aromatic rings. The van der Waals surface area contributed by atoms with Gasteiger partial charge in [-0.3, -0.25) is 0 Å². The molecule has 2 rings (SSSR count). The second kappa shape index (κ2) is 4.66. The second-order valence-electron chi connectivity index (χ2n) is 3.85. The molecule has 0 N–H and O–H groups in total. The summed E-state index contributed by atoms with van der Waals surface area (Å²) in [5.41, 5.74) is 1.04. The van der Waals surface area contributed by atoms with Crippen LogP contribution < -0.4 is 0 Å². The van der Waals surface area contributed by atoms with Crippen molar-refractivity contribution in [2.45, 2.75) is 13.0 Å². The molecule has 0 fully saturated rings. The van der Waals surface area contributed by atoms with E-state index in [0.29, 0.717) is 16.7 Å². The van der Waals surface area contributed by atoms with E-state index >= 15 is 0 Å². The zero-order valence-electron chi connectivity index (χ0n) is 9.21. The number of hydrogen-bond acceptors (Lipinski definition) is 1. The van der Waals surface area contributed by atoms with Crippen molar-refractivity contribution in [2.75, 3.05) is 13.7 Å². The average molecular weight is 258 g/mol. The average Bonchev–Trinajstić information content (AvgIpc) is 2.61. The van der Waals surface area contributed by atoms with E-state index < -0.39 is 0 Å². The van der Waals surface area contributed by atoms with Crippen LogP contribution in [-0.2, 0) is 4.74 Å². The van der Waals surface area contributed by atoms with Crippen LogP contribution in [0, 0.1) is 0 Å². The summed E-state index contributed by atoms with van der Waals surface area (Å²) < 4.78 is 7.27. The molecule has 0 saturated carbocycles. The van der Waals surface area contributed by atoms with E-state index in [1.54, 1.807) is 13.2 Å². The van der Waals surface area contributed by atoms with Gasteiger partial charge in [-0.05, 0) is 25.1 Å². The Labute approximate surface area is 105 Å². The number of ether oxygens (including phenoxy) is 1. The van der Waals surface area contributed by atoms with Gasteiger partial charge < -0.3 is 9.30 Å². The minimum absolute atomic E-state index is 0.261. The number of fused-ring (bicyclic) bond motifs is 1. The van der Waals surface area contributed by atoms with E-state index in [2.05, 4.69) is 11.5 Å². The molecule has 0 saturated heterocycles. The van der Waals surface area contributed by atoms with Crippen LogP contribution in [0.15, 0.2) is 24.4 Å². The third kappa shape index (κ3) is 2.05. The Morgan fingerprint density at radius 2 is 2.12 bits per heavy atom. The first-order valence-corrected chi connectivity index (χ1v) is 5.83. The molecule has 0 radical (unpaired) electrons. The largest absolute Gasteiger partial charge is 0.383 e. The molecule has 0 aliphatic rings. The van der Waals surface area contributed by atoms with Crippen LogP contribution in [0.5, 0.6) is 0 Å². The maximum atomic E-state index is 6.13. The van der Waals surface area contributed by atoms with Crippen molar-refractivity contribution in [1.29, 1.82) is 0 Å². The lowest BCUT2D eigenvalue weighted by molar-refractivity contribution is 0.164. The monoisotopic (exact) mass is 257 g/mol. The number of nitrogens with zero attached hydrogens (tertiary/aromatic N) is 1. The van der Waals surface area contributed by atoms with Gasteiger partial charge in [-0.2, -0.15) is 0 Å². The summed E-state index contributed by atoms with van der Waals surface area (Å²) in [6.45, 7) is 2.76. The van der Waals surface area contributed by atoms with E-state index in [9.17, 15) is 0 Å². The minimum Gasteiger partial charge on any atom is -0.383 e. The van der Waals surface area contributed by atoms with Crippen molar-refractivity contribution >= 4 is 34.1 Å². The third-order valence-electron chi connectivity index (χ3n) is 2.64. The van der Waals surface area contributed by atoms with E-state index in [1.165, 1.54) is 0 Å². The molecule has 16 heavy (non-hydrogen) atoms. The van der Waals surface area contributed by atoms with Crippen LogP contribution >= 0.6 is 23.2 Å². The molecule has 2 nitrogen and oxygen atoms in total. The fourth-order valence-electron chi connectivity index (χ4n) is 1.89. The van der Waals surface area contributed by atoms with Crippen LogP contribution in [-0.4, -0.2) is 18.3 Å². The summed E-state index contributed by atoms with van der Waals surface area (Å²) in [4.78, 5) is 0. The maximum absolute atomic E-state index is 6.13. The van der Waals surface area contributed by atoms with Gasteiger partial charge in [-0.15, -0.1) is 0 Å². The summed E-state index contributed by atoms with van der Waals surface area (Å²) in [6, 6.07) is 5.95. The van der Waals surface area contributed by atoms with Crippen LogP contribution in [0.2, 0.25) is 10.0 Å². The highest BCUT2D eigenvalue weighted by atomic mass is 35.5. The van der Waals surface area contributed by atoms with E-state index in [4.69, 9.17) is 27.9 Å². The zero-order chi connectivity index (χ0) is 11.7. The number of halogens is 2. The lowest BCUT2D eigenvalue weighted by Gasteiger charge is -2.14. The number of hydrogen-bond donors (Lipinski definition) is 0. The van der Waals surface area contributed by atoms with Gasteiger partial charge in [0, 0.05) is 23.7 Å². The van der Waals surface area contributed by atoms with Gasteiger partial charge in [-0.25, -0.2) is 0 Å². The number of methoxy groups -OCH3 is 1. The maximum Gasteiger partial charge on any atom is 0.0667 e. The van der Waals surface area contributed by atoms with Gasteiger partial charge in [-0.1, -0.05) is 23.2 Å². The Hall–Kier alpha value is -0.700. The van der Waals surface area contributed by atoms with Gasteiger partial charge in [0.25, 0.3) is 0 Å². The number of rotatable bonds is 3. The third-order valence-corrected chi connectivity index (χ3v) is 3.17. The van der Waals surface area contributed by atoms with Crippen LogP contribution in [0.3, 0.4) is 0 Å².